The van der Waals surface area contributed by atoms with Crippen LogP contribution in [0, 0.1) is 5.82 Å². The second-order valence-electron chi connectivity index (χ2n) is 4.24. The van der Waals surface area contributed by atoms with Crippen molar-refractivity contribution in [1.29, 1.82) is 0 Å². The van der Waals surface area contributed by atoms with Crippen LogP contribution < -0.4 is 5.73 Å². The van der Waals surface area contributed by atoms with E-state index in [9.17, 15) is 17.6 Å². The summed E-state index contributed by atoms with van der Waals surface area (Å²) in [6.07, 6.45) is -3.47. The van der Waals surface area contributed by atoms with Gasteiger partial charge in [0.15, 0.2) is 0 Å². The molecule has 0 saturated heterocycles. The van der Waals surface area contributed by atoms with Gasteiger partial charge in [0.1, 0.15) is 5.82 Å². The summed E-state index contributed by atoms with van der Waals surface area (Å²) in [6, 6.07) is 2.87. The molecule has 1 aromatic heterocycles. The summed E-state index contributed by atoms with van der Waals surface area (Å²) in [5.74, 6) is -1.40. The maximum absolute atomic E-state index is 13.5. The maximum Gasteiger partial charge on any atom is 0.419 e. The van der Waals surface area contributed by atoms with Crippen molar-refractivity contribution in [3.63, 3.8) is 0 Å². The van der Waals surface area contributed by atoms with E-state index >= 15 is 0 Å². The molecule has 0 aliphatic heterocycles. The van der Waals surface area contributed by atoms with E-state index in [4.69, 9.17) is 28.9 Å². The van der Waals surface area contributed by atoms with E-state index in [0.717, 1.165) is 12.1 Å². The Bertz CT molecular complexity index is 674. The van der Waals surface area contributed by atoms with Crippen molar-refractivity contribution in [3.8, 4) is 0 Å². The SMILES string of the molecule is NC(c1ccc(C(F)(F)F)c(F)c1)c1ncc(Cl)cc1Cl. The highest BCUT2D eigenvalue weighted by atomic mass is 35.5. The molecular formula is C13H8Cl2F4N2. The number of nitrogens with two attached hydrogens (primary N) is 1. The number of alkyl halides is 3. The summed E-state index contributed by atoms with van der Waals surface area (Å²) in [6.45, 7) is 0. The van der Waals surface area contributed by atoms with Crippen molar-refractivity contribution in [2.24, 2.45) is 5.73 Å². The lowest BCUT2D eigenvalue weighted by Gasteiger charge is -2.15. The molecule has 8 heteroatoms. The number of pyridine rings is 1. The Kier molecular flexibility index (Phi) is 4.41. The zero-order valence-electron chi connectivity index (χ0n) is 10.3. The van der Waals surface area contributed by atoms with Crippen molar-refractivity contribution in [2.75, 3.05) is 0 Å². The second-order valence-corrected chi connectivity index (χ2v) is 5.08. The van der Waals surface area contributed by atoms with Gasteiger partial charge >= 0.3 is 6.18 Å². The number of nitrogens with zero attached hydrogens (tertiary/aromatic N) is 1. The predicted molar refractivity (Wildman–Crippen MR) is 71.7 cm³/mol. The Hall–Kier alpha value is -1.37. The number of benzene rings is 1. The molecule has 0 amide bonds. The lowest BCUT2D eigenvalue weighted by Crippen LogP contribution is -2.16. The number of aromatic nitrogens is 1. The van der Waals surface area contributed by atoms with Crippen LogP contribution in [0.3, 0.4) is 0 Å². The quantitative estimate of drug-likeness (QED) is 0.813. The van der Waals surface area contributed by atoms with Crippen LogP contribution in [0.2, 0.25) is 10.0 Å². The lowest BCUT2D eigenvalue weighted by atomic mass is 10.0. The van der Waals surface area contributed by atoms with Crippen LogP contribution in [0.25, 0.3) is 0 Å². The first-order chi connectivity index (χ1) is 9.70. The van der Waals surface area contributed by atoms with Gasteiger partial charge in [0.25, 0.3) is 0 Å². The number of halogens is 6. The van der Waals surface area contributed by atoms with Gasteiger partial charge in [-0.05, 0) is 23.8 Å². The van der Waals surface area contributed by atoms with E-state index in [0.29, 0.717) is 6.07 Å². The topological polar surface area (TPSA) is 38.9 Å². The van der Waals surface area contributed by atoms with Gasteiger partial charge < -0.3 is 5.73 Å². The Labute approximate surface area is 127 Å². The van der Waals surface area contributed by atoms with E-state index in [2.05, 4.69) is 4.98 Å². The molecule has 21 heavy (non-hydrogen) atoms. The second kappa shape index (κ2) is 5.79. The normalized spacial score (nSPS) is 13.3. The van der Waals surface area contributed by atoms with E-state index in [1.54, 1.807) is 0 Å². The summed E-state index contributed by atoms with van der Waals surface area (Å²) in [5, 5.41) is 0.435. The molecule has 0 bridgehead atoms. The van der Waals surface area contributed by atoms with Crippen molar-refractivity contribution in [2.45, 2.75) is 12.2 Å². The summed E-state index contributed by atoms with van der Waals surface area (Å²) >= 11 is 11.6. The van der Waals surface area contributed by atoms with Gasteiger partial charge in [-0.2, -0.15) is 13.2 Å². The molecule has 2 N–H and O–H groups in total. The smallest absolute Gasteiger partial charge is 0.319 e. The Balaban J connectivity index is 2.40. The van der Waals surface area contributed by atoms with Crippen molar-refractivity contribution in [3.05, 3.63) is 63.1 Å². The highest BCUT2D eigenvalue weighted by Gasteiger charge is 2.34. The van der Waals surface area contributed by atoms with Crippen molar-refractivity contribution < 1.29 is 17.6 Å². The molecule has 0 saturated carbocycles. The van der Waals surface area contributed by atoms with E-state index < -0.39 is 23.6 Å². The third-order valence-electron chi connectivity index (χ3n) is 2.79. The minimum Gasteiger partial charge on any atom is -0.319 e. The summed E-state index contributed by atoms with van der Waals surface area (Å²) in [7, 11) is 0. The molecule has 1 atom stereocenters. The average Bonchev–Trinajstić information content (AvgIpc) is 2.36. The first-order valence-corrected chi connectivity index (χ1v) is 6.39. The molecular weight excluding hydrogens is 331 g/mol. The van der Waals surface area contributed by atoms with Gasteiger partial charge in [-0.15, -0.1) is 0 Å². The molecule has 0 aliphatic rings. The Morgan fingerprint density at radius 3 is 2.33 bits per heavy atom. The third-order valence-corrected chi connectivity index (χ3v) is 3.30. The van der Waals surface area contributed by atoms with E-state index in [1.165, 1.54) is 12.3 Å². The van der Waals surface area contributed by atoms with Gasteiger partial charge in [-0.1, -0.05) is 29.3 Å². The van der Waals surface area contributed by atoms with Gasteiger partial charge in [0, 0.05) is 6.20 Å². The van der Waals surface area contributed by atoms with E-state index in [1.807, 2.05) is 0 Å². The van der Waals surface area contributed by atoms with Gasteiger partial charge in [0.2, 0.25) is 0 Å². The molecule has 0 spiro atoms. The molecule has 0 aliphatic carbocycles. The molecule has 2 rings (SSSR count). The third kappa shape index (κ3) is 3.45. The molecule has 1 aromatic carbocycles. The zero-order chi connectivity index (χ0) is 15.8. The minimum atomic E-state index is -4.76. The predicted octanol–water partition coefficient (Wildman–Crippen LogP) is 4.59. The van der Waals surface area contributed by atoms with Crippen LogP contribution in [0.5, 0.6) is 0 Å². The van der Waals surface area contributed by atoms with Crippen LogP contribution in [-0.2, 0) is 6.18 Å². The standard InChI is InChI=1S/C13H8Cl2F4N2/c14-7-4-9(15)12(21-5-7)11(20)6-1-2-8(10(16)3-6)13(17,18)19/h1-5,11H,20H2. The number of hydrogen-bond acceptors (Lipinski definition) is 2. The van der Waals surface area contributed by atoms with Crippen LogP contribution in [0.4, 0.5) is 17.6 Å². The molecule has 0 radical (unpaired) electrons. The minimum absolute atomic E-state index is 0.122. The molecule has 2 aromatic rings. The highest BCUT2D eigenvalue weighted by Crippen LogP contribution is 2.33. The summed E-state index contributed by atoms with van der Waals surface area (Å²) < 4.78 is 51.0. The van der Waals surface area contributed by atoms with E-state index in [-0.39, 0.29) is 21.3 Å². The fraction of sp³-hybridized carbons (Fsp3) is 0.154. The largest absolute Gasteiger partial charge is 0.419 e. The first-order valence-electron chi connectivity index (χ1n) is 5.63. The highest BCUT2D eigenvalue weighted by molar-refractivity contribution is 6.34. The number of rotatable bonds is 2. The first kappa shape index (κ1) is 16.0. The van der Waals surface area contributed by atoms with Gasteiger partial charge in [0.05, 0.1) is 27.3 Å². The number of hydrogen-bond donors (Lipinski definition) is 1. The monoisotopic (exact) mass is 338 g/mol. The maximum atomic E-state index is 13.5. The molecule has 1 heterocycles. The Morgan fingerprint density at radius 2 is 1.81 bits per heavy atom. The Morgan fingerprint density at radius 1 is 1.14 bits per heavy atom. The fourth-order valence-corrected chi connectivity index (χ4v) is 2.26. The average molecular weight is 339 g/mol. The van der Waals surface area contributed by atoms with Crippen LogP contribution in [-0.4, -0.2) is 4.98 Å². The lowest BCUT2D eigenvalue weighted by molar-refractivity contribution is -0.140. The van der Waals surface area contributed by atoms with Crippen LogP contribution >= 0.6 is 23.2 Å². The van der Waals surface area contributed by atoms with Gasteiger partial charge in [-0.25, -0.2) is 4.39 Å². The van der Waals surface area contributed by atoms with Gasteiger partial charge in [-0.3, -0.25) is 4.98 Å². The molecule has 2 nitrogen and oxygen atoms in total. The zero-order valence-corrected chi connectivity index (χ0v) is 11.8. The fourth-order valence-electron chi connectivity index (χ4n) is 1.77. The summed E-state index contributed by atoms with van der Waals surface area (Å²) in [4.78, 5) is 3.92. The molecule has 1 unspecified atom stereocenters. The molecule has 0 fully saturated rings. The summed E-state index contributed by atoms with van der Waals surface area (Å²) in [5.41, 5.74) is 4.82. The van der Waals surface area contributed by atoms with Crippen LogP contribution in [0.15, 0.2) is 30.5 Å². The van der Waals surface area contributed by atoms with Crippen molar-refractivity contribution in [1.82, 2.24) is 4.98 Å². The van der Waals surface area contributed by atoms with Crippen LogP contribution in [0.1, 0.15) is 22.9 Å². The molecule has 112 valence electrons. The van der Waals surface area contributed by atoms with Crippen molar-refractivity contribution >= 4 is 23.2 Å².